The molecule has 0 spiro atoms. The van der Waals surface area contributed by atoms with Crippen LogP contribution in [0.15, 0.2) is 24.3 Å². The van der Waals surface area contributed by atoms with Crippen molar-refractivity contribution in [2.45, 2.75) is 58.1 Å². The number of benzene rings is 1. The lowest BCUT2D eigenvalue weighted by Crippen LogP contribution is -2.48. The van der Waals surface area contributed by atoms with Gasteiger partial charge in [0.2, 0.25) is 0 Å². The molecule has 0 saturated carbocycles. The van der Waals surface area contributed by atoms with Gasteiger partial charge in [-0.15, -0.1) is 0 Å². The Bertz CT molecular complexity index is 591. The zero-order chi connectivity index (χ0) is 17.1. The highest BCUT2D eigenvalue weighted by Gasteiger charge is 2.43. The largest absolute Gasteiger partial charge is 0.466 e. The van der Waals surface area contributed by atoms with E-state index in [-0.39, 0.29) is 12.4 Å². The molecule has 1 aromatic rings. The maximum absolute atomic E-state index is 12.3. The summed E-state index contributed by atoms with van der Waals surface area (Å²) in [4.78, 5) is 24.3. The third kappa shape index (κ3) is 4.24. The minimum absolute atomic E-state index is 0.108. The molecule has 1 N–H and O–H groups in total. The Morgan fingerprint density at radius 1 is 1.26 bits per heavy atom. The molecule has 0 aromatic heterocycles. The van der Waals surface area contributed by atoms with Gasteiger partial charge in [-0.1, -0.05) is 24.3 Å². The number of aryl methyl sites for hydroxylation is 1. The summed E-state index contributed by atoms with van der Waals surface area (Å²) in [5, 5.41) is 2.93. The van der Waals surface area contributed by atoms with Crippen molar-refractivity contribution in [3.05, 3.63) is 35.4 Å². The van der Waals surface area contributed by atoms with E-state index in [0.717, 1.165) is 17.5 Å². The van der Waals surface area contributed by atoms with Crippen molar-refractivity contribution < 1.29 is 19.1 Å². The standard InChI is InChI=1S/C18H25NO4/c1-5-22-15(20)12-18(19-16(21)23-17(2,3)4)11-10-13-8-6-7-9-14(13)18/h6-9H,5,10-12H2,1-4H3,(H,19,21). The maximum Gasteiger partial charge on any atom is 0.408 e. The second-order valence-electron chi connectivity index (χ2n) is 6.85. The van der Waals surface area contributed by atoms with Gasteiger partial charge in [0, 0.05) is 0 Å². The van der Waals surface area contributed by atoms with Crippen LogP contribution in [0.5, 0.6) is 0 Å². The molecule has 0 fully saturated rings. The average molecular weight is 319 g/mol. The van der Waals surface area contributed by atoms with E-state index in [4.69, 9.17) is 9.47 Å². The number of hydrogen-bond donors (Lipinski definition) is 1. The fourth-order valence-electron chi connectivity index (χ4n) is 3.00. The van der Waals surface area contributed by atoms with Gasteiger partial charge in [-0.05, 0) is 51.7 Å². The number of rotatable bonds is 4. The molecule has 5 nitrogen and oxygen atoms in total. The van der Waals surface area contributed by atoms with Gasteiger partial charge in [0.05, 0.1) is 18.6 Å². The number of amides is 1. The third-order valence-electron chi connectivity index (χ3n) is 3.85. The fourth-order valence-corrected chi connectivity index (χ4v) is 3.00. The van der Waals surface area contributed by atoms with Gasteiger partial charge in [0.25, 0.3) is 0 Å². The molecule has 1 amide bonds. The number of alkyl carbamates (subject to hydrolysis) is 1. The first kappa shape index (κ1) is 17.3. The van der Waals surface area contributed by atoms with Crippen LogP contribution in [0.4, 0.5) is 4.79 Å². The van der Waals surface area contributed by atoms with Crippen LogP contribution in [0.3, 0.4) is 0 Å². The molecule has 23 heavy (non-hydrogen) atoms. The molecule has 0 aliphatic heterocycles. The quantitative estimate of drug-likeness (QED) is 0.865. The number of carbonyl (C=O) groups excluding carboxylic acids is 2. The number of fused-ring (bicyclic) bond motifs is 1. The number of nitrogens with one attached hydrogen (secondary N) is 1. The van der Waals surface area contributed by atoms with E-state index in [1.54, 1.807) is 6.92 Å². The van der Waals surface area contributed by atoms with Crippen molar-refractivity contribution in [1.82, 2.24) is 5.32 Å². The molecule has 0 radical (unpaired) electrons. The van der Waals surface area contributed by atoms with Crippen LogP contribution in [0.1, 0.15) is 51.7 Å². The lowest BCUT2D eigenvalue weighted by molar-refractivity contribution is -0.145. The Labute approximate surface area is 137 Å². The van der Waals surface area contributed by atoms with Crippen LogP contribution in [0.2, 0.25) is 0 Å². The van der Waals surface area contributed by atoms with E-state index >= 15 is 0 Å². The van der Waals surface area contributed by atoms with Crippen molar-refractivity contribution in [2.75, 3.05) is 6.61 Å². The van der Waals surface area contributed by atoms with Crippen LogP contribution >= 0.6 is 0 Å². The van der Waals surface area contributed by atoms with E-state index < -0.39 is 17.2 Å². The number of ether oxygens (including phenoxy) is 2. The first-order chi connectivity index (χ1) is 10.8. The Kier molecular flexibility index (Phi) is 4.97. The molecule has 1 unspecified atom stereocenters. The van der Waals surface area contributed by atoms with Crippen molar-refractivity contribution in [2.24, 2.45) is 0 Å². The summed E-state index contributed by atoms with van der Waals surface area (Å²) in [7, 11) is 0. The molecule has 1 aliphatic rings. The molecule has 1 atom stereocenters. The van der Waals surface area contributed by atoms with E-state index in [1.807, 2.05) is 45.0 Å². The van der Waals surface area contributed by atoms with Crippen molar-refractivity contribution in [1.29, 1.82) is 0 Å². The molecule has 0 heterocycles. The van der Waals surface area contributed by atoms with E-state index in [2.05, 4.69) is 5.32 Å². The van der Waals surface area contributed by atoms with Gasteiger partial charge in [0.1, 0.15) is 5.60 Å². The van der Waals surface area contributed by atoms with Crippen LogP contribution in [-0.4, -0.2) is 24.3 Å². The zero-order valence-electron chi connectivity index (χ0n) is 14.3. The van der Waals surface area contributed by atoms with Crippen molar-refractivity contribution in [3.8, 4) is 0 Å². The van der Waals surface area contributed by atoms with Gasteiger partial charge in [-0.25, -0.2) is 4.79 Å². The summed E-state index contributed by atoms with van der Waals surface area (Å²) >= 11 is 0. The first-order valence-corrected chi connectivity index (χ1v) is 8.01. The molecular weight excluding hydrogens is 294 g/mol. The highest BCUT2D eigenvalue weighted by atomic mass is 16.6. The molecule has 2 rings (SSSR count). The van der Waals surface area contributed by atoms with Crippen molar-refractivity contribution in [3.63, 3.8) is 0 Å². The summed E-state index contributed by atoms with van der Waals surface area (Å²) in [6.07, 6.45) is 1.06. The summed E-state index contributed by atoms with van der Waals surface area (Å²) in [6, 6.07) is 7.87. The SMILES string of the molecule is CCOC(=O)CC1(NC(=O)OC(C)(C)C)CCc2ccccc21. The predicted octanol–water partition coefficient (Wildman–Crippen LogP) is 3.31. The lowest BCUT2D eigenvalue weighted by atomic mass is 9.88. The Morgan fingerprint density at radius 2 is 1.96 bits per heavy atom. The van der Waals surface area contributed by atoms with Gasteiger partial charge in [-0.2, -0.15) is 0 Å². The first-order valence-electron chi connectivity index (χ1n) is 8.01. The Morgan fingerprint density at radius 3 is 2.61 bits per heavy atom. The van der Waals surface area contributed by atoms with Crippen LogP contribution in [0.25, 0.3) is 0 Å². The van der Waals surface area contributed by atoms with Gasteiger partial charge in [-0.3, -0.25) is 4.79 Å². The highest BCUT2D eigenvalue weighted by Crippen LogP contribution is 2.40. The molecular formula is C18H25NO4. The fraction of sp³-hybridized carbons (Fsp3) is 0.556. The van der Waals surface area contributed by atoms with Crippen LogP contribution < -0.4 is 5.32 Å². The van der Waals surface area contributed by atoms with Gasteiger partial charge < -0.3 is 14.8 Å². The van der Waals surface area contributed by atoms with E-state index in [1.165, 1.54) is 0 Å². The summed E-state index contributed by atoms with van der Waals surface area (Å²) < 4.78 is 10.5. The number of esters is 1. The topological polar surface area (TPSA) is 64.6 Å². The number of carbonyl (C=O) groups is 2. The van der Waals surface area contributed by atoms with E-state index in [0.29, 0.717) is 13.0 Å². The van der Waals surface area contributed by atoms with Gasteiger partial charge >= 0.3 is 12.1 Å². The lowest BCUT2D eigenvalue weighted by Gasteiger charge is -2.32. The number of hydrogen-bond acceptors (Lipinski definition) is 4. The Balaban J connectivity index is 2.27. The monoisotopic (exact) mass is 319 g/mol. The second kappa shape index (κ2) is 6.60. The molecule has 5 heteroatoms. The minimum atomic E-state index is -0.759. The summed E-state index contributed by atoms with van der Waals surface area (Å²) in [5.74, 6) is -0.319. The molecule has 0 bridgehead atoms. The zero-order valence-corrected chi connectivity index (χ0v) is 14.3. The molecule has 126 valence electrons. The Hall–Kier alpha value is -2.04. The molecule has 1 aromatic carbocycles. The van der Waals surface area contributed by atoms with Crippen LogP contribution in [0, 0.1) is 0 Å². The minimum Gasteiger partial charge on any atom is -0.466 e. The van der Waals surface area contributed by atoms with E-state index in [9.17, 15) is 9.59 Å². The van der Waals surface area contributed by atoms with Crippen LogP contribution in [-0.2, 0) is 26.2 Å². The average Bonchev–Trinajstić information content (AvgIpc) is 2.76. The predicted molar refractivity (Wildman–Crippen MR) is 87.1 cm³/mol. The second-order valence-corrected chi connectivity index (χ2v) is 6.85. The maximum atomic E-state index is 12.3. The highest BCUT2D eigenvalue weighted by molar-refractivity contribution is 5.75. The molecule has 0 saturated heterocycles. The summed E-state index contributed by atoms with van der Waals surface area (Å²) in [5.41, 5.74) is 0.769. The molecule has 1 aliphatic carbocycles. The normalized spacial score (nSPS) is 19.8. The smallest absolute Gasteiger partial charge is 0.408 e. The van der Waals surface area contributed by atoms with Gasteiger partial charge in [0.15, 0.2) is 0 Å². The van der Waals surface area contributed by atoms with Crippen molar-refractivity contribution >= 4 is 12.1 Å². The summed E-state index contributed by atoms with van der Waals surface area (Å²) in [6.45, 7) is 7.53. The third-order valence-corrected chi connectivity index (χ3v) is 3.85.